The number of carbonyl (C=O) groups excluding carboxylic acids is 1. The maximum Gasteiger partial charge on any atom is 0.433 e. The molecule has 3 aromatic rings. The van der Waals surface area contributed by atoms with Crippen molar-refractivity contribution in [3.63, 3.8) is 0 Å². The molecule has 5 rings (SSSR count). The smallest absolute Gasteiger partial charge is 0.433 e. The molecule has 7 nitrogen and oxygen atoms in total. The molecular weight excluding hydrogens is 519 g/mol. The molecule has 0 spiro atoms. The number of pyridine rings is 1. The highest BCUT2D eigenvalue weighted by Crippen LogP contribution is 2.34. The Morgan fingerprint density at radius 3 is 2.42 bits per heavy atom. The fraction of sp³-hybridized carbons (Fsp3) is 0.367. The molecule has 0 aliphatic carbocycles. The van der Waals surface area contributed by atoms with Crippen molar-refractivity contribution < 1.29 is 22.7 Å². The highest BCUT2D eigenvalue weighted by Gasteiger charge is 2.37. The number of aromatic nitrogens is 1. The molecule has 10 heteroatoms. The molecule has 212 valence electrons. The first kappa shape index (κ1) is 29.1. The minimum atomic E-state index is -4.75. The highest BCUT2D eigenvalue weighted by atomic mass is 19.4. The van der Waals surface area contributed by atoms with Gasteiger partial charge in [0.1, 0.15) is 17.2 Å². The summed E-state index contributed by atoms with van der Waals surface area (Å²) in [5, 5.41) is 10.1. The molecule has 0 unspecified atom stereocenters. The lowest BCUT2D eigenvalue weighted by atomic mass is 10.0. The number of nitrogens with one attached hydrogen (secondary N) is 2. The van der Waals surface area contributed by atoms with Gasteiger partial charge in [-0.25, -0.2) is 0 Å². The quantitative estimate of drug-likeness (QED) is 0.337. The van der Waals surface area contributed by atoms with Gasteiger partial charge in [0.15, 0.2) is 0 Å². The Morgan fingerprint density at radius 1 is 1.05 bits per heavy atom. The number of alkyl halides is 3. The van der Waals surface area contributed by atoms with Crippen LogP contribution in [0.3, 0.4) is 0 Å². The van der Waals surface area contributed by atoms with E-state index < -0.39 is 11.9 Å². The first-order valence-electron chi connectivity index (χ1n) is 13.4. The maximum atomic E-state index is 13.1. The number of hydrogen-bond donors (Lipinski definition) is 2. The Hall–Kier alpha value is -3.92. The number of fused-ring (bicyclic) bond motifs is 1. The number of nitrogens with zero attached hydrogens (tertiary/aromatic N) is 3. The van der Waals surface area contributed by atoms with E-state index in [0.29, 0.717) is 23.7 Å². The molecule has 2 N–H and O–H groups in total. The zero-order valence-corrected chi connectivity index (χ0v) is 23.1. The fourth-order valence-electron chi connectivity index (χ4n) is 5.04. The molecule has 40 heavy (non-hydrogen) atoms. The Balaban J connectivity index is 0.00000181. The fourth-order valence-corrected chi connectivity index (χ4v) is 5.04. The topological polar surface area (TPSA) is 81.6 Å². The SMILES string of the molecule is CC.CNc1cc(Oc2ccnc(-c3ccc4c(c3)CN(C3CCN(C)CC3)C4=O)c2)ccc1C(=N)C(F)(F)F. The second-order valence-electron chi connectivity index (χ2n) is 9.65. The molecule has 0 radical (unpaired) electrons. The first-order valence-corrected chi connectivity index (χ1v) is 13.4. The molecule has 2 aliphatic heterocycles. The van der Waals surface area contributed by atoms with E-state index in [0.717, 1.165) is 42.6 Å². The number of carbonyl (C=O) groups is 1. The average molecular weight is 554 g/mol. The van der Waals surface area contributed by atoms with Gasteiger partial charge in [-0.3, -0.25) is 15.2 Å². The van der Waals surface area contributed by atoms with E-state index in [-0.39, 0.29) is 23.2 Å². The Labute approximate surface area is 232 Å². The van der Waals surface area contributed by atoms with Gasteiger partial charge in [0.25, 0.3) is 5.91 Å². The summed E-state index contributed by atoms with van der Waals surface area (Å²) in [7, 11) is 3.59. The van der Waals surface area contributed by atoms with Crippen molar-refractivity contribution in [2.24, 2.45) is 0 Å². The minimum absolute atomic E-state index is 0.0773. The number of benzene rings is 2. The van der Waals surface area contributed by atoms with Crippen LogP contribution in [-0.2, 0) is 6.54 Å². The zero-order valence-electron chi connectivity index (χ0n) is 23.1. The normalized spacial score (nSPS) is 15.8. The second kappa shape index (κ2) is 12.1. The van der Waals surface area contributed by atoms with Gasteiger partial charge in [-0.2, -0.15) is 13.2 Å². The number of halogens is 3. The van der Waals surface area contributed by atoms with Gasteiger partial charge < -0.3 is 19.9 Å². The van der Waals surface area contributed by atoms with Gasteiger partial charge in [-0.15, -0.1) is 0 Å². The summed E-state index contributed by atoms with van der Waals surface area (Å²) < 4.78 is 45.0. The minimum Gasteiger partial charge on any atom is -0.457 e. The first-order chi connectivity index (χ1) is 19.1. The third kappa shape index (κ3) is 6.12. The summed E-state index contributed by atoms with van der Waals surface area (Å²) in [6, 6.07) is 13.4. The summed E-state index contributed by atoms with van der Waals surface area (Å²) in [6.45, 7) is 6.55. The lowest BCUT2D eigenvalue weighted by Crippen LogP contribution is -2.43. The number of rotatable bonds is 6. The van der Waals surface area contributed by atoms with Gasteiger partial charge in [0, 0.05) is 60.3 Å². The van der Waals surface area contributed by atoms with Crippen LogP contribution in [0.5, 0.6) is 11.5 Å². The van der Waals surface area contributed by atoms with E-state index in [2.05, 4.69) is 22.2 Å². The van der Waals surface area contributed by atoms with Crippen LogP contribution in [0.1, 0.15) is 48.2 Å². The van der Waals surface area contributed by atoms with E-state index in [9.17, 15) is 18.0 Å². The van der Waals surface area contributed by atoms with Crippen molar-refractivity contribution in [1.29, 1.82) is 5.41 Å². The third-order valence-corrected chi connectivity index (χ3v) is 7.14. The number of anilines is 1. The number of ether oxygens (including phenoxy) is 1. The van der Waals surface area contributed by atoms with Crippen LogP contribution in [0.15, 0.2) is 54.7 Å². The molecule has 0 saturated carbocycles. The molecule has 0 atom stereocenters. The largest absolute Gasteiger partial charge is 0.457 e. The second-order valence-corrected chi connectivity index (χ2v) is 9.65. The van der Waals surface area contributed by atoms with E-state index in [1.807, 2.05) is 36.9 Å². The van der Waals surface area contributed by atoms with Gasteiger partial charge >= 0.3 is 6.18 Å². The Bertz CT molecular complexity index is 1380. The van der Waals surface area contributed by atoms with Crippen molar-refractivity contribution >= 4 is 17.3 Å². The molecule has 1 saturated heterocycles. The number of amides is 1. The van der Waals surface area contributed by atoms with Crippen LogP contribution in [0.2, 0.25) is 0 Å². The van der Waals surface area contributed by atoms with Gasteiger partial charge in [0.05, 0.1) is 5.69 Å². The van der Waals surface area contributed by atoms with Crippen LogP contribution >= 0.6 is 0 Å². The highest BCUT2D eigenvalue weighted by molar-refractivity contribution is 6.06. The van der Waals surface area contributed by atoms with Crippen LogP contribution in [-0.4, -0.2) is 65.8 Å². The standard InChI is InChI=1S/C28H28F3N5O2.C2H6/c1-33-25-15-20(4-6-23(25)26(32)28(29,30)31)38-21-7-10-34-24(14-21)17-3-5-22-18(13-17)16-36(27(22)37)19-8-11-35(2)12-9-19;1-2/h3-7,10,13-15,19,32-33H,8-9,11-12,16H2,1-2H3;1-2H3. The summed E-state index contributed by atoms with van der Waals surface area (Å²) in [5.74, 6) is 0.854. The van der Waals surface area contributed by atoms with Crippen LogP contribution < -0.4 is 10.1 Å². The van der Waals surface area contributed by atoms with E-state index in [4.69, 9.17) is 10.1 Å². The van der Waals surface area contributed by atoms with E-state index in [1.165, 1.54) is 25.2 Å². The van der Waals surface area contributed by atoms with E-state index in [1.54, 1.807) is 18.3 Å². The summed E-state index contributed by atoms with van der Waals surface area (Å²) in [5.41, 5.74) is 1.65. The zero-order chi connectivity index (χ0) is 29.0. The summed E-state index contributed by atoms with van der Waals surface area (Å²) >= 11 is 0. The van der Waals surface area contributed by atoms with Gasteiger partial charge in [0.2, 0.25) is 0 Å². The van der Waals surface area contributed by atoms with Crippen molar-refractivity contribution in [2.45, 2.75) is 45.5 Å². The summed E-state index contributed by atoms with van der Waals surface area (Å²) in [6.07, 6.45) is -1.21. The molecule has 1 aromatic heterocycles. The third-order valence-electron chi connectivity index (χ3n) is 7.14. The maximum absolute atomic E-state index is 13.1. The number of piperidine rings is 1. The molecule has 3 heterocycles. The number of likely N-dealkylation sites (tertiary alicyclic amines) is 1. The van der Waals surface area contributed by atoms with Crippen molar-refractivity contribution in [2.75, 3.05) is 32.5 Å². The predicted octanol–water partition coefficient (Wildman–Crippen LogP) is 6.59. The Kier molecular flexibility index (Phi) is 8.78. The molecule has 1 fully saturated rings. The van der Waals surface area contributed by atoms with Crippen LogP contribution in [0, 0.1) is 5.41 Å². The monoisotopic (exact) mass is 553 g/mol. The molecule has 1 amide bonds. The van der Waals surface area contributed by atoms with Gasteiger partial charge in [-0.1, -0.05) is 19.9 Å². The lowest BCUT2D eigenvalue weighted by Gasteiger charge is -2.34. The van der Waals surface area contributed by atoms with Crippen molar-refractivity contribution in [3.05, 3.63) is 71.4 Å². The van der Waals surface area contributed by atoms with E-state index >= 15 is 0 Å². The molecule has 0 bridgehead atoms. The summed E-state index contributed by atoms with van der Waals surface area (Å²) in [4.78, 5) is 21.8. The van der Waals surface area contributed by atoms with Gasteiger partial charge in [-0.05, 0) is 68.9 Å². The van der Waals surface area contributed by atoms with Crippen molar-refractivity contribution in [3.8, 4) is 22.8 Å². The molecule has 2 aliphatic rings. The van der Waals surface area contributed by atoms with Crippen molar-refractivity contribution in [1.82, 2.24) is 14.8 Å². The predicted molar refractivity (Wildman–Crippen MR) is 150 cm³/mol. The molecular formula is C30H34F3N5O2. The van der Waals surface area contributed by atoms with Crippen LogP contribution in [0.4, 0.5) is 18.9 Å². The number of hydrogen-bond acceptors (Lipinski definition) is 6. The van der Waals surface area contributed by atoms with Crippen LogP contribution in [0.25, 0.3) is 11.3 Å². The molecule has 2 aromatic carbocycles. The Morgan fingerprint density at radius 2 is 1.75 bits per heavy atom. The average Bonchev–Trinajstić information content (AvgIpc) is 3.29. The lowest BCUT2D eigenvalue weighted by molar-refractivity contribution is -0.0587.